The highest BCUT2D eigenvalue weighted by molar-refractivity contribution is 5.94. The number of hydrogen-bond acceptors (Lipinski definition) is 4. The molecule has 5 nitrogen and oxygen atoms in total. The molecule has 0 bridgehead atoms. The van der Waals surface area contributed by atoms with E-state index in [-0.39, 0.29) is 12.3 Å². The number of amides is 1. The van der Waals surface area contributed by atoms with E-state index in [1.54, 1.807) is 32.0 Å². The first kappa shape index (κ1) is 14.0. The molecule has 1 aromatic rings. The minimum atomic E-state index is -0.598. The van der Waals surface area contributed by atoms with Crippen LogP contribution in [0.2, 0.25) is 0 Å². The fourth-order valence-electron chi connectivity index (χ4n) is 1.52. The second kappa shape index (κ2) is 5.52. The number of nitrogens with zero attached hydrogens (tertiary/aromatic N) is 1. The summed E-state index contributed by atoms with van der Waals surface area (Å²) in [6.45, 7) is 3.53. The number of nitrogens with one attached hydrogen (secondary N) is 1. The second-order valence-corrected chi connectivity index (χ2v) is 4.71. The van der Waals surface area contributed by atoms with E-state index in [0.29, 0.717) is 17.0 Å². The number of methoxy groups -OCH3 is 1. The molecule has 0 aliphatic rings. The van der Waals surface area contributed by atoms with Crippen LogP contribution in [-0.2, 0) is 4.79 Å². The van der Waals surface area contributed by atoms with Crippen LogP contribution in [0.4, 0.5) is 5.69 Å². The maximum atomic E-state index is 11.8. The topological polar surface area (TPSA) is 88.1 Å². The molecule has 96 valence electrons. The highest BCUT2D eigenvalue weighted by atomic mass is 16.5. The average molecular weight is 247 g/mol. The van der Waals surface area contributed by atoms with Crippen molar-refractivity contribution in [3.8, 4) is 11.8 Å². The van der Waals surface area contributed by atoms with E-state index in [1.165, 1.54) is 7.11 Å². The number of nitrogens with two attached hydrogens (primary N) is 1. The lowest BCUT2D eigenvalue weighted by atomic mass is 10.0. The van der Waals surface area contributed by atoms with E-state index in [0.717, 1.165) is 0 Å². The van der Waals surface area contributed by atoms with Gasteiger partial charge in [-0.05, 0) is 26.0 Å². The lowest BCUT2D eigenvalue weighted by Crippen LogP contribution is -2.36. The number of anilines is 1. The fourth-order valence-corrected chi connectivity index (χ4v) is 1.52. The van der Waals surface area contributed by atoms with E-state index in [1.807, 2.05) is 6.07 Å². The molecule has 18 heavy (non-hydrogen) atoms. The van der Waals surface area contributed by atoms with E-state index in [2.05, 4.69) is 5.32 Å². The summed E-state index contributed by atoms with van der Waals surface area (Å²) in [5, 5.41) is 11.7. The van der Waals surface area contributed by atoms with E-state index in [4.69, 9.17) is 15.7 Å². The van der Waals surface area contributed by atoms with Crippen molar-refractivity contribution in [1.82, 2.24) is 0 Å². The van der Waals surface area contributed by atoms with Crippen molar-refractivity contribution in [1.29, 1.82) is 5.26 Å². The molecule has 0 fully saturated rings. The van der Waals surface area contributed by atoms with Gasteiger partial charge < -0.3 is 15.8 Å². The molecular weight excluding hydrogens is 230 g/mol. The Balaban J connectivity index is 2.97. The van der Waals surface area contributed by atoms with Gasteiger partial charge in [0.05, 0.1) is 12.7 Å². The summed E-state index contributed by atoms with van der Waals surface area (Å²) in [5.74, 6) is 0.209. The van der Waals surface area contributed by atoms with E-state index < -0.39 is 5.54 Å². The Morgan fingerprint density at radius 2 is 2.22 bits per heavy atom. The largest absolute Gasteiger partial charge is 0.495 e. The van der Waals surface area contributed by atoms with Gasteiger partial charge in [-0.3, -0.25) is 4.79 Å². The van der Waals surface area contributed by atoms with Gasteiger partial charge in [0.2, 0.25) is 5.91 Å². The first-order valence-corrected chi connectivity index (χ1v) is 5.53. The third kappa shape index (κ3) is 3.75. The summed E-state index contributed by atoms with van der Waals surface area (Å²) in [5.41, 5.74) is 5.92. The number of ether oxygens (including phenoxy) is 1. The van der Waals surface area contributed by atoms with Crippen LogP contribution in [0.3, 0.4) is 0 Å². The number of carbonyl (C=O) groups excluding carboxylic acids is 1. The molecule has 0 saturated heterocycles. The lowest BCUT2D eigenvalue weighted by Gasteiger charge is -2.18. The minimum absolute atomic E-state index is 0.163. The number of carbonyl (C=O) groups is 1. The van der Waals surface area contributed by atoms with Gasteiger partial charge >= 0.3 is 0 Å². The van der Waals surface area contributed by atoms with Gasteiger partial charge in [-0.25, -0.2) is 0 Å². The van der Waals surface area contributed by atoms with Crippen LogP contribution in [0.5, 0.6) is 5.75 Å². The zero-order valence-electron chi connectivity index (χ0n) is 10.8. The number of para-hydroxylation sites is 1. The van der Waals surface area contributed by atoms with Crippen molar-refractivity contribution in [3.05, 3.63) is 23.8 Å². The predicted molar refractivity (Wildman–Crippen MR) is 69.2 cm³/mol. The van der Waals surface area contributed by atoms with Crippen molar-refractivity contribution in [2.24, 2.45) is 5.73 Å². The Hall–Kier alpha value is -2.06. The molecule has 1 rings (SSSR count). The first-order valence-electron chi connectivity index (χ1n) is 5.53. The average Bonchev–Trinajstić information content (AvgIpc) is 2.26. The molecule has 0 unspecified atom stereocenters. The van der Waals surface area contributed by atoms with Crippen LogP contribution >= 0.6 is 0 Å². The van der Waals surface area contributed by atoms with Gasteiger partial charge in [-0.2, -0.15) is 5.26 Å². The van der Waals surface area contributed by atoms with Crippen molar-refractivity contribution < 1.29 is 9.53 Å². The number of benzene rings is 1. The summed E-state index contributed by atoms with van der Waals surface area (Å²) < 4.78 is 5.12. The Kier molecular flexibility index (Phi) is 4.29. The molecule has 0 aliphatic heterocycles. The maximum absolute atomic E-state index is 11.8. The molecule has 1 amide bonds. The van der Waals surface area contributed by atoms with Crippen LogP contribution in [0.1, 0.15) is 25.8 Å². The van der Waals surface area contributed by atoms with Gasteiger partial charge in [0.1, 0.15) is 17.5 Å². The highest BCUT2D eigenvalue weighted by Gasteiger charge is 2.18. The summed E-state index contributed by atoms with van der Waals surface area (Å²) >= 11 is 0. The molecule has 0 aromatic heterocycles. The van der Waals surface area contributed by atoms with Crippen molar-refractivity contribution in [2.45, 2.75) is 25.8 Å². The van der Waals surface area contributed by atoms with Crippen LogP contribution in [0.25, 0.3) is 0 Å². The standard InChI is InChI=1S/C13H17N3O2/c1-13(2,15)7-11(17)16-12-9(8-14)5-4-6-10(12)18-3/h4-6H,7,15H2,1-3H3,(H,16,17). The minimum Gasteiger partial charge on any atom is -0.495 e. The fraction of sp³-hybridized carbons (Fsp3) is 0.385. The van der Waals surface area contributed by atoms with E-state index >= 15 is 0 Å². The summed E-state index contributed by atoms with van der Waals surface area (Å²) in [4.78, 5) is 11.8. The Bertz CT molecular complexity index is 484. The van der Waals surface area contributed by atoms with Gasteiger partial charge in [-0.15, -0.1) is 0 Å². The molecule has 0 heterocycles. The normalized spacial score (nSPS) is 10.6. The first-order chi connectivity index (χ1) is 8.37. The molecule has 1 aromatic carbocycles. The Labute approximate surface area is 107 Å². The molecule has 3 N–H and O–H groups in total. The monoisotopic (exact) mass is 247 g/mol. The zero-order valence-corrected chi connectivity index (χ0v) is 10.8. The Morgan fingerprint density at radius 1 is 1.56 bits per heavy atom. The van der Waals surface area contributed by atoms with Crippen molar-refractivity contribution in [2.75, 3.05) is 12.4 Å². The van der Waals surface area contributed by atoms with Crippen molar-refractivity contribution >= 4 is 11.6 Å². The van der Waals surface area contributed by atoms with Gasteiger partial charge in [0, 0.05) is 12.0 Å². The van der Waals surface area contributed by atoms with Crippen LogP contribution < -0.4 is 15.8 Å². The van der Waals surface area contributed by atoms with Gasteiger partial charge in [0.25, 0.3) is 0 Å². The molecule has 5 heteroatoms. The second-order valence-electron chi connectivity index (χ2n) is 4.71. The molecule has 0 atom stereocenters. The smallest absolute Gasteiger partial charge is 0.226 e. The summed E-state index contributed by atoms with van der Waals surface area (Å²) in [6, 6.07) is 7.01. The lowest BCUT2D eigenvalue weighted by molar-refractivity contribution is -0.117. The summed E-state index contributed by atoms with van der Waals surface area (Å²) in [7, 11) is 1.49. The number of nitriles is 1. The molecule has 0 radical (unpaired) electrons. The van der Waals surface area contributed by atoms with Crippen LogP contribution in [0.15, 0.2) is 18.2 Å². The van der Waals surface area contributed by atoms with Gasteiger partial charge in [-0.1, -0.05) is 6.07 Å². The molecule has 0 spiro atoms. The van der Waals surface area contributed by atoms with Crippen molar-refractivity contribution in [3.63, 3.8) is 0 Å². The predicted octanol–water partition coefficient (Wildman–Crippen LogP) is 1.63. The van der Waals surface area contributed by atoms with E-state index in [9.17, 15) is 4.79 Å². The number of rotatable bonds is 4. The molecule has 0 aliphatic carbocycles. The third-order valence-corrected chi connectivity index (χ3v) is 2.25. The molecular formula is C13H17N3O2. The maximum Gasteiger partial charge on any atom is 0.226 e. The summed E-state index contributed by atoms with van der Waals surface area (Å²) in [6.07, 6.45) is 0.163. The van der Waals surface area contributed by atoms with Crippen LogP contribution in [0, 0.1) is 11.3 Å². The molecule has 0 saturated carbocycles. The zero-order chi connectivity index (χ0) is 13.8. The SMILES string of the molecule is COc1cccc(C#N)c1NC(=O)CC(C)(C)N. The Morgan fingerprint density at radius 3 is 2.72 bits per heavy atom. The van der Waals surface area contributed by atoms with Crippen LogP contribution in [-0.4, -0.2) is 18.6 Å². The quantitative estimate of drug-likeness (QED) is 0.846. The highest BCUT2D eigenvalue weighted by Crippen LogP contribution is 2.28. The number of hydrogen-bond donors (Lipinski definition) is 2. The van der Waals surface area contributed by atoms with Gasteiger partial charge in [0.15, 0.2) is 0 Å². The third-order valence-electron chi connectivity index (χ3n) is 2.25.